The van der Waals surface area contributed by atoms with Crippen molar-refractivity contribution in [2.45, 2.75) is 19.8 Å². The van der Waals surface area contributed by atoms with Gasteiger partial charge in [-0.25, -0.2) is 9.37 Å². The van der Waals surface area contributed by atoms with E-state index in [9.17, 15) is 4.39 Å². The second-order valence-electron chi connectivity index (χ2n) is 5.17. The average molecular weight is 280 g/mol. The Labute approximate surface area is 116 Å². The molecule has 0 aromatic carbocycles. The molecule has 3 heterocycles. The minimum absolute atomic E-state index is 0.288. The van der Waals surface area contributed by atoms with Gasteiger partial charge in [0, 0.05) is 18.5 Å². The quantitative estimate of drug-likeness (QED) is 0.746. The molecule has 3 nitrogen and oxygen atoms in total. The first kappa shape index (κ1) is 12.6. The van der Waals surface area contributed by atoms with E-state index in [0.717, 1.165) is 24.9 Å². The first-order chi connectivity index (χ1) is 9.15. The van der Waals surface area contributed by atoms with Crippen molar-refractivity contribution in [1.82, 2.24) is 9.97 Å². The fourth-order valence-electron chi connectivity index (χ4n) is 2.75. The standard InChI is InChI=1S/C14H15ClFN3/c1-9-3-2-4-19(8-9)14-10-5-13(15)18-7-12(10)17-6-11(14)16/h5-7,9H,2-4,8H2,1H3/t9-/m0/s1. The van der Waals surface area contributed by atoms with Crippen LogP contribution in [0.15, 0.2) is 18.5 Å². The lowest BCUT2D eigenvalue weighted by Gasteiger charge is -2.33. The molecule has 1 aliphatic rings. The topological polar surface area (TPSA) is 29.0 Å². The maximum atomic E-state index is 14.2. The van der Waals surface area contributed by atoms with Crippen molar-refractivity contribution in [3.63, 3.8) is 0 Å². The zero-order valence-electron chi connectivity index (χ0n) is 10.7. The first-order valence-electron chi connectivity index (χ1n) is 6.50. The third kappa shape index (κ3) is 2.37. The number of rotatable bonds is 1. The van der Waals surface area contributed by atoms with Crippen LogP contribution < -0.4 is 4.90 Å². The molecule has 2 aromatic rings. The van der Waals surface area contributed by atoms with Gasteiger partial charge in [-0.15, -0.1) is 0 Å². The lowest BCUT2D eigenvalue weighted by Crippen LogP contribution is -2.35. The molecule has 5 heteroatoms. The minimum Gasteiger partial charge on any atom is -0.368 e. The molecule has 1 saturated heterocycles. The van der Waals surface area contributed by atoms with E-state index < -0.39 is 0 Å². The molecular formula is C14H15ClFN3. The Hall–Kier alpha value is -1.42. The fourth-order valence-corrected chi connectivity index (χ4v) is 2.90. The molecule has 3 rings (SSSR count). The number of piperidine rings is 1. The highest BCUT2D eigenvalue weighted by atomic mass is 35.5. The second kappa shape index (κ2) is 4.93. The Balaban J connectivity index is 2.15. The van der Waals surface area contributed by atoms with Gasteiger partial charge in [0.15, 0.2) is 5.82 Å². The van der Waals surface area contributed by atoms with Crippen molar-refractivity contribution in [2.75, 3.05) is 18.0 Å². The lowest BCUT2D eigenvalue weighted by molar-refractivity contribution is 0.443. The summed E-state index contributed by atoms with van der Waals surface area (Å²) in [7, 11) is 0. The Kier molecular flexibility index (Phi) is 3.27. The van der Waals surface area contributed by atoms with Crippen LogP contribution in [0.25, 0.3) is 10.9 Å². The molecule has 1 fully saturated rings. The van der Waals surface area contributed by atoms with Gasteiger partial charge >= 0.3 is 0 Å². The van der Waals surface area contributed by atoms with Crippen LogP contribution in [0, 0.1) is 11.7 Å². The maximum absolute atomic E-state index is 14.2. The summed E-state index contributed by atoms with van der Waals surface area (Å²) in [6.07, 6.45) is 5.15. The number of aromatic nitrogens is 2. The predicted octanol–water partition coefficient (Wildman–Crippen LogP) is 3.66. The summed E-state index contributed by atoms with van der Waals surface area (Å²) in [5.41, 5.74) is 1.29. The monoisotopic (exact) mass is 279 g/mol. The van der Waals surface area contributed by atoms with Crippen molar-refractivity contribution in [3.8, 4) is 0 Å². The molecule has 0 radical (unpaired) electrons. The normalized spacial score (nSPS) is 19.9. The summed E-state index contributed by atoms with van der Waals surface area (Å²) < 4.78 is 14.2. The van der Waals surface area contributed by atoms with Gasteiger partial charge in [0.05, 0.1) is 23.6 Å². The van der Waals surface area contributed by atoms with Crippen LogP contribution in [0.1, 0.15) is 19.8 Å². The number of nitrogens with zero attached hydrogens (tertiary/aromatic N) is 3. The predicted molar refractivity (Wildman–Crippen MR) is 75.1 cm³/mol. The summed E-state index contributed by atoms with van der Waals surface area (Å²) in [4.78, 5) is 10.2. The van der Waals surface area contributed by atoms with Crippen molar-refractivity contribution >= 4 is 28.2 Å². The Morgan fingerprint density at radius 3 is 3.00 bits per heavy atom. The molecule has 0 bridgehead atoms. The number of anilines is 1. The summed E-state index contributed by atoms with van der Waals surface area (Å²) in [6, 6.07) is 1.70. The van der Waals surface area contributed by atoms with Gasteiger partial charge in [-0.2, -0.15) is 0 Å². The molecule has 19 heavy (non-hydrogen) atoms. The molecule has 100 valence electrons. The SMILES string of the molecule is C[C@H]1CCCN(c2c(F)cnc3cnc(Cl)cc23)C1. The van der Waals surface area contributed by atoms with Gasteiger partial charge in [-0.1, -0.05) is 18.5 Å². The van der Waals surface area contributed by atoms with E-state index in [1.165, 1.54) is 12.6 Å². The first-order valence-corrected chi connectivity index (χ1v) is 6.87. The van der Waals surface area contributed by atoms with Gasteiger partial charge in [-0.05, 0) is 24.8 Å². The van der Waals surface area contributed by atoms with Crippen LogP contribution in [0.5, 0.6) is 0 Å². The van der Waals surface area contributed by atoms with Crippen LogP contribution >= 0.6 is 11.6 Å². The zero-order valence-corrected chi connectivity index (χ0v) is 11.5. The highest BCUT2D eigenvalue weighted by Crippen LogP contribution is 2.32. The summed E-state index contributed by atoms with van der Waals surface area (Å²) in [5.74, 6) is 0.289. The van der Waals surface area contributed by atoms with Crippen molar-refractivity contribution in [2.24, 2.45) is 5.92 Å². The molecule has 0 aliphatic carbocycles. The molecule has 1 aliphatic heterocycles. The van der Waals surface area contributed by atoms with Gasteiger partial charge < -0.3 is 4.90 Å². The van der Waals surface area contributed by atoms with E-state index in [1.807, 2.05) is 0 Å². The highest BCUT2D eigenvalue weighted by Gasteiger charge is 2.22. The third-order valence-electron chi connectivity index (χ3n) is 3.62. The van der Waals surface area contributed by atoms with Crippen LogP contribution in [-0.4, -0.2) is 23.1 Å². The van der Waals surface area contributed by atoms with Crippen molar-refractivity contribution < 1.29 is 4.39 Å². The van der Waals surface area contributed by atoms with Gasteiger partial charge in [-0.3, -0.25) is 4.98 Å². The largest absolute Gasteiger partial charge is 0.368 e. The smallest absolute Gasteiger partial charge is 0.165 e. The molecule has 0 unspecified atom stereocenters. The Morgan fingerprint density at radius 1 is 1.37 bits per heavy atom. The molecule has 0 N–H and O–H groups in total. The number of fused-ring (bicyclic) bond motifs is 1. The Bertz CT molecular complexity index is 612. The van der Waals surface area contributed by atoms with E-state index in [4.69, 9.17) is 11.6 Å². The fraction of sp³-hybridized carbons (Fsp3) is 0.429. The van der Waals surface area contributed by atoms with Crippen molar-refractivity contribution in [3.05, 3.63) is 29.4 Å². The molecular weight excluding hydrogens is 265 g/mol. The Morgan fingerprint density at radius 2 is 2.21 bits per heavy atom. The minimum atomic E-state index is -0.288. The molecule has 0 saturated carbocycles. The van der Waals surface area contributed by atoms with E-state index in [-0.39, 0.29) is 5.82 Å². The summed E-state index contributed by atoms with van der Waals surface area (Å²) in [6.45, 7) is 3.94. The zero-order chi connectivity index (χ0) is 13.4. The van der Waals surface area contributed by atoms with Gasteiger partial charge in [0.2, 0.25) is 0 Å². The van der Waals surface area contributed by atoms with Crippen LogP contribution in [0.3, 0.4) is 0 Å². The summed E-state index contributed by atoms with van der Waals surface area (Å²) in [5, 5.41) is 1.11. The molecule has 2 aromatic heterocycles. The molecule has 1 atom stereocenters. The van der Waals surface area contributed by atoms with Gasteiger partial charge in [0.25, 0.3) is 0 Å². The summed E-state index contributed by atoms with van der Waals surface area (Å²) >= 11 is 5.93. The van der Waals surface area contributed by atoms with Crippen LogP contribution in [-0.2, 0) is 0 Å². The lowest BCUT2D eigenvalue weighted by atomic mass is 9.99. The van der Waals surface area contributed by atoms with Crippen molar-refractivity contribution in [1.29, 1.82) is 0 Å². The number of halogens is 2. The average Bonchev–Trinajstić information content (AvgIpc) is 2.38. The number of hydrogen-bond acceptors (Lipinski definition) is 3. The van der Waals surface area contributed by atoms with Gasteiger partial charge in [0.1, 0.15) is 5.15 Å². The van der Waals surface area contributed by atoms with E-state index in [2.05, 4.69) is 21.8 Å². The van der Waals surface area contributed by atoms with Crippen LogP contribution in [0.2, 0.25) is 5.15 Å². The van der Waals surface area contributed by atoms with E-state index >= 15 is 0 Å². The second-order valence-corrected chi connectivity index (χ2v) is 5.56. The highest BCUT2D eigenvalue weighted by molar-refractivity contribution is 6.30. The number of hydrogen-bond donors (Lipinski definition) is 0. The molecule has 0 spiro atoms. The number of pyridine rings is 2. The molecule has 0 amide bonds. The maximum Gasteiger partial charge on any atom is 0.165 e. The van der Waals surface area contributed by atoms with Crippen LogP contribution in [0.4, 0.5) is 10.1 Å². The van der Waals surface area contributed by atoms with E-state index in [1.54, 1.807) is 12.3 Å². The third-order valence-corrected chi connectivity index (χ3v) is 3.83. The van der Waals surface area contributed by atoms with E-state index in [0.29, 0.717) is 22.3 Å².